The second kappa shape index (κ2) is 4.67. The van der Waals surface area contributed by atoms with E-state index in [1.807, 2.05) is 30.0 Å². The SMILES string of the molecule is Cc1ccc2c(c1)Cc1cc(C)oc1N2c1ccccc1O. The Hall–Kier alpha value is -2.68. The molecule has 2 aromatic carbocycles. The van der Waals surface area contributed by atoms with Crippen molar-refractivity contribution in [1.29, 1.82) is 0 Å². The number of fused-ring (bicyclic) bond motifs is 2. The number of phenolic OH excluding ortho intramolecular Hbond substituents is 1. The molecule has 1 aliphatic rings. The van der Waals surface area contributed by atoms with Crippen molar-refractivity contribution in [2.75, 3.05) is 4.90 Å². The summed E-state index contributed by atoms with van der Waals surface area (Å²) in [4.78, 5) is 2.01. The molecule has 3 heteroatoms. The monoisotopic (exact) mass is 291 g/mol. The van der Waals surface area contributed by atoms with Crippen molar-refractivity contribution in [3.63, 3.8) is 0 Å². The normalized spacial score (nSPS) is 12.9. The molecule has 0 atom stereocenters. The lowest BCUT2D eigenvalue weighted by atomic mass is 9.97. The third kappa shape index (κ3) is 1.90. The predicted molar refractivity (Wildman–Crippen MR) is 87.3 cm³/mol. The van der Waals surface area contributed by atoms with Crippen LogP contribution in [0.5, 0.6) is 5.75 Å². The van der Waals surface area contributed by atoms with E-state index in [9.17, 15) is 5.11 Å². The van der Waals surface area contributed by atoms with Gasteiger partial charge in [0, 0.05) is 12.0 Å². The Morgan fingerprint density at radius 2 is 1.77 bits per heavy atom. The van der Waals surface area contributed by atoms with Crippen molar-refractivity contribution >= 4 is 17.3 Å². The largest absolute Gasteiger partial charge is 0.506 e. The van der Waals surface area contributed by atoms with Crippen molar-refractivity contribution in [2.45, 2.75) is 20.3 Å². The van der Waals surface area contributed by atoms with Gasteiger partial charge in [0.05, 0.1) is 11.4 Å². The number of hydrogen-bond donors (Lipinski definition) is 1. The maximum absolute atomic E-state index is 10.3. The first-order valence-corrected chi connectivity index (χ1v) is 7.40. The fraction of sp³-hybridized carbons (Fsp3) is 0.158. The number of phenols is 1. The third-order valence-electron chi connectivity index (χ3n) is 4.09. The van der Waals surface area contributed by atoms with E-state index in [1.165, 1.54) is 11.1 Å². The van der Waals surface area contributed by atoms with Crippen molar-refractivity contribution in [3.05, 3.63) is 71.0 Å². The quantitative estimate of drug-likeness (QED) is 0.537. The average Bonchev–Trinajstić information content (AvgIpc) is 2.85. The lowest BCUT2D eigenvalue weighted by Gasteiger charge is -2.30. The van der Waals surface area contributed by atoms with Gasteiger partial charge in [0.1, 0.15) is 11.5 Å². The first-order valence-electron chi connectivity index (χ1n) is 7.40. The second-order valence-corrected chi connectivity index (χ2v) is 5.82. The summed E-state index contributed by atoms with van der Waals surface area (Å²) >= 11 is 0. The summed E-state index contributed by atoms with van der Waals surface area (Å²) in [5.41, 5.74) is 5.44. The number of benzene rings is 2. The zero-order valence-electron chi connectivity index (χ0n) is 12.6. The maximum Gasteiger partial charge on any atom is 0.208 e. The van der Waals surface area contributed by atoms with Gasteiger partial charge in [-0.3, -0.25) is 4.90 Å². The molecule has 1 aliphatic heterocycles. The van der Waals surface area contributed by atoms with Crippen molar-refractivity contribution < 1.29 is 9.52 Å². The van der Waals surface area contributed by atoms with E-state index in [1.54, 1.807) is 6.07 Å². The van der Waals surface area contributed by atoms with Gasteiger partial charge in [-0.05, 0) is 43.7 Å². The molecule has 110 valence electrons. The Morgan fingerprint density at radius 1 is 0.955 bits per heavy atom. The van der Waals surface area contributed by atoms with Crippen LogP contribution in [0, 0.1) is 13.8 Å². The minimum absolute atomic E-state index is 0.246. The van der Waals surface area contributed by atoms with Crippen LogP contribution in [0.4, 0.5) is 17.3 Å². The Bertz CT molecular complexity index is 864. The fourth-order valence-electron chi connectivity index (χ4n) is 3.15. The van der Waals surface area contributed by atoms with Crippen LogP contribution in [0.1, 0.15) is 22.5 Å². The van der Waals surface area contributed by atoms with E-state index in [4.69, 9.17) is 4.42 Å². The van der Waals surface area contributed by atoms with Gasteiger partial charge in [0.25, 0.3) is 0 Å². The van der Waals surface area contributed by atoms with Crippen molar-refractivity contribution in [1.82, 2.24) is 0 Å². The van der Waals surface area contributed by atoms with Crippen LogP contribution in [0.3, 0.4) is 0 Å². The minimum atomic E-state index is 0.246. The maximum atomic E-state index is 10.3. The minimum Gasteiger partial charge on any atom is -0.506 e. The van der Waals surface area contributed by atoms with Gasteiger partial charge in [0.2, 0.25) is 5.88 Å². The first kappa shape index (κ1) is 13.0. The summed E-state index contributed by atoms with van der Waals surface area (Å²) in [7, 11) is 0. The molecule has 0 saturated heterocycles. The highest BCUT2D eigenvalue weighted by Gasteiger charge is 2.28. The van der Waals surface area contributed by atoms with Crippen LogP contribution in [-0.2, 0) is 6.42 Å². The zero-order valence-corrected chi connectivity index (χ0v) is 12.6. The highest BCUT2D eigenvalue weighted by Crippen LogP contribution is 2.47. The van der Waals surface area contributed by atoms with Gasteiger partial charge in [0.15, 0.2) is 0 Å². The summed E-state index contributed by atoms with van der Waals surface area (Å²) in [6.07, 6.45) is 0.855. The van der Waals surface area contributed by atoms with Gasteiger partial charge in [-0.1, -0.05) is 29.8 Å². The molecule has 0 fully saturated rings. The predicted octanol–water partition coefficient (Wildman–Crippen LogP) is 4.98. The number of para-hydroxylation sites is 2. The highest BCUT2D eigenvalue weighted by atomic mass is 16.4. The molecule has 2 heterocycles. The third-order valence-corrected chi connectivity index (χ3v) is 4.09. The molecule has 3 nitrogen and oxygen atoms in total. The number of rotatable bonds is 1. The molecule has 1 aromatic heterocycles. The average molecular weight is 291 g/mol. The van der Waals surface area contributed by atoms with Gasteiger partial charge >= 0.3 is 0 Å². The number of nitrogens with zero attached hydrogens (tertiary/aromatic N) is 1. The van der Waals surface area contributed by atoms with Crippen LogP contribution < -0.4 is 4.90 Å². The molecule has 0 bridgehead atoms. The van der Waals surface area contributed by atoms with Crippen LogP contribution >= 0.6 is 0 Å². The first-order chi connectivity index (χ1) is 10.6. The summed E-state index contributed by atoms with van der Waals surface area (Å²) in [5, 5.41) is 10.3. The molecular weight excluding hydrogens is 274 g/mol. The second-order valence-electron chi connectivity index (χ2n) is 5.82. The molecular formula is C19H17NO2. The van der Waals surface area contributed by atoms with E-state index in [2.05, 4.69) is 31.2 Å². The number of hydrogen-bond acceptors (Lipinski definition) is 3. The Balaban J connectivity index is 1.99. The smallest absolute Gasteiger partial charge is 0.208 e. The van der Waals surface area contributed by atoms with Gasteiger partial charge in [-0.2, -0.15) is 0 Å². The number of aryl methyl sites for hydroxylation is 2. The summed E-state index contributed by atoms with van der Waals surface area (Å²) in [6.45, 7) is 4.05. The van der Waals surface area contributed by atoms with Crippen molar-refractivity contribution in [3.8, 4) is 5.75 Å². The van der Waals surface area contributed by atoms with E-state index >= 15 is 0 Å². The van der Waals surface area contributed by atoms with Crippen LogP contribution in [0.15, 0.2) is 52.9 Å². The van der Waals surface area contributed by atoms with E-state index < -0.39 is 0 Å². The molecule has 22 heavy (non-hydrogen) atoms. The Labute approximate surface area is 129 Å². The van der Waals surface area contributed by atoms with E-state index in [0.717, 1.165) is 35.0 Å². The molecule has 0 amide bonds. The number of anilines is 3. The number of furan rings is 1. The van der Waals surface area contributed by atoms with Crippen LogP contribution in [0.2, 0.25) is 0 Å². The molecule has 0 aliphatic carbocycles. The zero-order chi connectivity index (χ0) is 15.3. The van der Waals surface area contributed by atoms with Gasteiger partial charge in [-0.15, -0.1) is 0 Å². The van der Waals surface area contributed by atoms with E-state index in [0.29, 0.717) is 0 Å². The Kier molecular flexibility index (Phi) is 2.76. The molecule has 3 aromatic rings. The topological polar surface area (TPSA) is 36.6 Å². The molecule has 4 rings (SSSR count). The molecule has 0 unspecified atom stereocenters. The summed E-state index contributed by atoms with van der Waals surface area (Å²) in [5.74, 6) is 1.93. The fourth-order valence-corrected chi connectivity index (χ4v) is 3.15. The number of aromatic hydroxyl groups is 1. The molecule has 0 radical (unpaired) electrons. The Morgan fingerprint density at radius 3 is 2.59 bits per heavy atom. The van der Waals surface area contributed by atoms with Crippen LogP contribution in [-0.4, -0.2) is 5.11 Å². The van der Waals surface area contributed by atoms with Gasteiger partial charge < -0.3 is 9.52 Å². The highest BCUT2D eigenvalue weighted by molar-refractivity contribution is 5.83. The standard InChI is InChI=1S/C19H17NO2/c1-12-7-8-16-14(9-12)11-15-10-13(2)22-19(15)20(16)17-5-3-4-6-18(17)21/h3-10,21H,11H2,1-2H3. The molecule has 1 N–H and O–H groups in total. The lowest BCUT2D eigenvalue weighted by molar-refractivity contribution is 0.474. The molecule has 0 saturated carbocycles. The van der Waals surface area contributed by atoms with Crippen LogP contribution in [0.25, 0.3) is 0 Å². The lowest BCUT2D eigenvalue weighted by Crippen LogP contribution is -2.17. The molecule has 0 spiro atoms. The summed E-state index contributed by atoms with van der Waals surface area (Å²) in [6, 6.07) is 15.8. The summed E-state index contributed by atoms with van der Waals surface area (Å²) < 4.78 is 5.93. The van der Waals surface area contributed by atoms with E-state index in [-0.39, 0.29) is 5.75 Å². The van der Waals surface area contributed by atoms with Gasteiger partial charge in [-0.25, -0.2) is 0 Å². The van der Waals surface area contributed by atoms with Crippen molar-refractivity contribution in [2.24, 2.45) is 0 Å².